The first-order chi connectivity index (χ1) is 8.11. The van der Waals surface area contributed by atoms with Gasteiger partial charge in [-0.05, 0) is 26.1 Å². The minimum atomic E-state index is 0.562. The third-order valence-electron chi connectivity index (χ3n) is 3.74. The van der Waals surface area contributed by atoms with Gasteiger partial charge in [0, 0.05) is 31.2 Å². The van der Waals surface area contributed by atoms with Crippen LogP contribution in [-0.2, 0) is 13.1 Å². The Bertz CT molecular complexity index is 361. The zero-order valence-electron chi connectivity index (χ0n) is 11.0. The molecule has 1 aromatic heterocycles. The van der Waals surface area contributed by atoms with Crippen LogP contribution < -0.4 is 5.73 Å². The Morgan fingerprint density at radius 1 is 1.47 bits per heavy atom. The highest BCUT2D eigenvalue weighted by molar-refractivity contribution is 5.16. The second-order valence-corrected chi connectivity index (χ2v) is 5.28. The van der Waals surface area contributed by atoms with Crippen molar-refractivity contribution in [1.29, 1.82) is 0 Å². The fraction of sp³-hybridized carbons (Fsp3) is 0.692. The number of rotatable bonds is 4. The second-order valence-electron chi connectivity index (χ2n) is 5.28. The summed E-state index contributed by atoms with van der Waals surface area (Å²) in [4.78, 5) is 4.77. The molecule has 1 aliphatic rings. The van der Waals surface area contributed by atoms with E-state index in [2.05, 4.69) is 30.8 Å². The van der Waals surface area contributed by atoms with Crippen molar-refractivity contribution in [3.05, 3.63) is 23.7 Å². The van der Waals surface area contributed by atoms with Crippen molar-refractivity contribution in [2.45, 2.75) is 26.1 Å². The third kappa shape index (κ3) is 2.70. The van der Waals surface area contributed by atoms with Gasteiger partial charge in [-0.3, -0.25) is 4.90 Å². The van der Waals surface area contributed by atoms with Crippen molar-refractivity contribution in [2.24, 2.45) is 11.7 Å². The van der Waals surface area contributed by atoms with Gasteiger partial charge in [0.1, 0.15) is 5.76 Å². The summed E-state index contributed by atoms with van der Waals surface area (Å²) in [5.74, 6) is 1.74. The fourth-order valence-corrected chi connectivity index (χ4v) is 2.74. The van der Waals surface area contributed by atoms with Crippen LogP contribution >= 0.6 is 0 Å². The van der Waals surface area contributed by atoms with Crippen molar-refractivity contribution in [1.82, 2.24) is 9.80 Å². The van der Waals surface area contributed by atoms with Gasteiger partial charge in [-0.15, -0.1) is 0 Å². The van der Waals surface area contributed by atoms with Crippen LogP contribution in [0.25, 0.3) is 0 Å². The van der Waals surface area contributed by atoms with Gasteiger partial charge >= 0.3 is 0 Å². The van der Waals surface area contributed by atoms with Crippen LogP contribution in [0.3, 0.4) is 0 Å². The van der Waals surface area contributed by atoms with E-state index in [1.165, 1.54) is 0 Å². The molecule has 1 saturated heterocycles. The van der Waals surface area contributed by atoms with Gasteiger partial charge in [0.05, 0.1) is 12.8 Å². The zero-order valence-corrected chi connectivity index (χ0v) is 11.0. The zero-order chi connectivity index (χ0) is 12.4. The number of likely N-dealkylation sites (tertiary alicyclic amines) is 1. The molecule has 0 aliphatic carbocycles. The van der Waals surface area contributed by atoms with Crippen molar-refractivity contribution >= 4 is 0 Å². The van der Waals surface area contributed by atoms with Gasteiger partial charge < -0.3 is 15.1 Å². The second kappa shape index (κ2) is 5.21. The molecular formula is C13H23N3O. The molecule has 2 atom stereocenters. The van der Waals surface area contributed by atoms with Crippen molar-refractivity contribution in [2.75, 3.05) is 27.2 Å². The van der Waals surface area contributed by atoms with Crippen LogP contribution in [0.15, 0.2) is 16.7 Å². The minimum absolute atomic E-state index is 0.562. The largest absolute Gasteiger partial charge is 0.468 e. The number of furan rings is 1. The summed E-state index contributed by atoms with van der Waals surface area (Å²) in [6.45, 7) is 6.00. The molecular weight excluding hydrogens is 214 g/mol. The number of likely N-dealkylation sites (N-methyl/N-ethyl adjacent to an activating group) is 1. The molecule has 0 saturated carbocycles. The van der Waals surface area contributed by atoms with E-state index >= 15 is 0 Å². The first-order valence-electron chi connectivity index (χ1n) is 6.26. The van der Waals surface area contributed by atoms with Crippen LogP contribution in [0.1, 0.15) is 18.2 Å². The highest BCUT2D eigenvalue weighted by atomic mass is 16.3. The van der Waals surface area contributed by atoms with E-state index < -0.39 is 0 Å². The maximum absolute atomic E-state index is 5.69. The number of nitrogens with two attached hydrogens (primary N) is 1. The molecule has 0 amide bonds. The molecule has 0 spiro atoms. The molecule has 2 N–H and O–H groups in total. The van der Waals surface area contributed by atoms with Gasteiger partial charge in [-0.25, -0.2) is 0 Å². The van der Waals surface area contributed by atoms with Gasteiger partial charge in [-0.1, -0.05) is 6.92 Å². The lowest BCUT2D eigenvalue weighted by Crippen LogP contribution is -2.34. The average molecular weight is 237 g/mol. The number of hydrogen-bond acceptors (Lipinski definition) is 4. The minimum Gasteiger partial charge on any atom is -0.468 e. The van der Waals surface area contributed by atoms with Crippen LogP contribution in [0.2, 0.25) is 0 Å². The normalized spacial score (nSPS) is 25.9. The van der Waals surface area contributed by atoms with Gasteiger partial charge in [-0.2, -0.15) is 0 Å². The Kier molecular flexibility index (Phi) is 3.86. The number of nitrogens with zero attached hydrogens (tertiary/aromatic N) is 2. The van der Waals surface area contributed by atoms with E-state index in [4.69, 9.17) is 10.2 Å². The Hall–Kier alpha value is -0.840. The van der Waals surface area contributed by atoms with Crippen LogP contribution in [0, 0.1) is 5.92 Å². The summed E-state index contributed by atoms with van der Waals surface area (Å²) in [6.07, 6.45) is 1.74. The lowest BCUT2D eigenvalue weighted by atomic mass is 10.1. The summed E-state index contributed by atoms with van der Waals surface area (Å²) in [5.41, 5.74) is 6.82. The predicted octanol–water partition coefficient (Wildman–Crippen LogP) is 1.12. The monoisotopic (exact) mass is 237 g/mol. The van der Waals surface area contributed by atoms with Gasteiger partial charge in [0.25, 0.3) is 0 Å². The average Bonchev–Trinajstić information content (AvgIpc) is 2.85. The molecule has 17 heavy (non-hydrogen) atoms. The standard InChI is InChI=1S/C13H23N3O/c1-10-7-16(8-12(10)15(2)3)9-13-11(6-14)4-5-17-13/h4-5,10,12H,6-9,14H2,1-3H3. The predicted molar refractivity (Wildman–Crippen MR) is 68.5 cm³/mol. The van der Waals surface area contributed by atoms with Crippen LogP contribution in [0.5, 0.6) is 0 Å². The topological polar surface area (TPSA) is 45.6 Å². The molecule has 1 aromatic rings. The summed E-state index contributed by atoms with van der Waals surface area (Å²) < 4.78 is 5.51. The Morgan fingerprint density at radius 3 is 2.82 bits per heavy atom. The molecule has 1 fully saturated rings. The van der Waals surface area contributed by atoms with Crippen molar-refractivity contribution in [3.63, 3.8) is 0 Å². The van der Waals surface area contributed by atoms with Crippen LogP contribution in [0.4, 0.5) is 0 Å². The summed E-state index contributed by atoms with van der Waals surface area (Å²) >= 11 is 0. The molecule has 1 aliphatic heterocycles. The molecule has 0 bridgehead atoms. The third-order valence-corrected chi connectivity index (χ3v) is 3.74. The quantitative estimate of drug-likeness (QED) is 0.852. The van der Waals surface area contributed by atoms with Crippen molar-refractivity contribution in [3.8, 4) is 0 Å². The SMILES string of the molecule is CC1CN(Cc2occc2CN)CC1N(C)C. The molecule has 2 rings (SSSR count). The smallest absolute Gasteiger partial charge is 0.122 e. The van der Waals surface area contributed by atoms with Crippen molar-refractivity contribution < 1.29 is 4.42 Å². The molecule has 0 aromatic carbocycles. The highest BCUT2D eigenvalue weighted by Crippen LogP contribution is 2.23. The van der Waals surface area contributed by atoms with E-state index in [1.54, 1.807) is 6.26 Å². The molecule has 96 valence electrons. The van der Waals surface area contributed by atoms with E-state index in [9.17, 15) is 0 Å². The highest BCUT2D eigenvalue weighted by Gasteiger charge is 2.31. The van der Waals surface area contributed by atoms with Crippen LogP contribution in [-0.4, -0.2) is 43.0 Å². The van der Waals surface area contributed by atoms with E-state index in [0.717, 1.165) is 31.0 Å². The molecule has 2 unspecified atom stereocenters. The maximum Gasteiger partial charge on any atom is 0.122 e. The summed E-state index contributed by atoms with van der Waals surface area (Å²) in [6, 6.07) is 2.62. The molecule has 4 heteroatoms. The Morgan fingerprint density at radius 2 is 2.24 bits per heavy atom. The van der Waals surface area contributed by atoms with Gasteiger partial charge in [0.2, 0.25) is 0 Å². The first kappa shape index (κ1) is 12.6. The summed E-state index contributed by atoms with van der Waals surface area (Å²) in [7, 11) is 4.31. The number of hydrogen-bond donors (Lipinski definition) is 1. The molecule has 2 heterocycles. The van der Waals surface area contributed by atoms with Gasteiger partial charge in [0.15, 0.2) is 0 Å². The maximum atomic E-state index is 5.69. The lowest BCUT2D eigenvalue weighted by Gasteiger charge is -2.22. The Balaban J connectivity index is 1.97. The first-order valence-corrected chi connectivity index (χ1v) is 6.26. The van der Waals surface area contributed by atoms with E-state index in [0.29, 0.717) is 18.5 Å². The summed E-state index contributed by atoms with van der Waals surface area (Å²) in [5, 5.41) is 0. The molecule has 4 nitrogen and oxygen atoms in total. The fourth-order valence-electron chi connectivity index (χ4n) is 2.74. The lowest BCUT2D eigenvalue weighted by molar-refractivity contribution is 0.243. The van der Waals surface area contributed by atoms with E-state index in [1.807, 2.05) is 6.07 Å². The van der Waals surface area contributed by atoms with E-state index in [-0.39, 0.29) is 0 Å². The Labute approximate surface area is 103 Å². The molecule has 0 radical (unpaired) electrons.